The van der Waals surface area contributed by atoms with Crippen LogP contribution < -0.4 is 10.9 Å². The Balaban J connectivity index is 0.000000143. The summed E-state index contributed by atoms with van der Waals surface area (Å²) in [6.07, 6.45) is 0. The summed E-state index contributed by atoms with van der Waals surface area (Å²) in [5.74, 6) is -1.81. The van der Waals surface area contributed by atoms with Crippen LogP contribution in [0.1, 0.15) is 20.9 Å². The lowest BCUT2D eigenvalue weighted by molar-refractivity contribution is 0.627. The summed E-state index contributed by atoms with van der Waals surface area (Å²) in [7, 11) is 0. The highest BCUT2D eigenvalue weighted by atomic mass is 32.1. The minimum Gasteiger partial charge on any atom is -0.301 e. The number of hydrogen-bond acceptors (Lipinski definition) is 9. The maximum atomic E-state index is 14.1. The van der Waals surface area contributed by atoms with E-state index in [0.29, 0.717) is 63.0 Å². The monoisotopic (exact) mass is 922 g/mol. The summed E-state index contributed by atoms with van der Waals surface area (Å²) < 4.78 is 60.0. The Morgan fingerprint density at radius 1 is 0.508 bits per heavy atom. The number of rotatable bonds is 0. The van der Waals surface area contributed by atoms with Gasteiger partial charge in [-0.25, -0.2) is 44.3 Å². The fourth-order valence-corrected chi connectivity index (χ4v) is 14.4. The van der Waals surface area contributed by atoms with Crippen molar-refractivity contribution in [3.63, 3.8) is 0 Å². The second-order valence-corrected chi connectivity index (χ2v) is 18.4. The molecule has 2 aliphatic rings. The van der Waals surface area contributed by atoms with Gasteiger partial charge in [0.05, 0.1) is 53.5 Å². The largest absolute Gasteiger partial charge is 0.301 e. The zero-order valence-corrected chi connectivity index (χ0v) is 35.5. The molecule has 0 bridgehead atoms. The molecule has 0 radical (unpaired) electrons. The van der Waals surface area contributed by atoms with Gasteiger partial charge in [0.15, 0.2) is 0 Å². The van der Waals surface area contributed by atoms with E-state index in [0.717, 1.165) is 51.8 Å². The van der Waals surface area contributed by atoms with Gasteiger partial charge in [0.25, 0.3) is 17.9 Å². The number of hydrogen-bond donors (Lipinski definition) is 0. The fraction of sp³-hybridized carbons (Fsp3) is 0.0204. The van der Waals surface area contributed by atoms with E-state index in [1.54, 1.807) is 30.3 Å². The van der Waals surface area contributed by atoms with Gasteiger partial charge in [-0.3, -0.25) is 9.59 Å². The molecule has 4 heterocycles. The first-order valence-electron chi connectivity index (χ1n) is 18.7. The van der Waals surface area contributed by atoms with Crippen LogP contribution in [0.2, 0.25) is 0 Å². The van der Waals surface area contributed by atoms with Gasteiger partial charge in [0.2, 0.25) is 10.9 Å². The van der Waals surface area contributed by atoms with Gasteiger partial charge in [-0.2, -0.15) is 5.26 Å². The smallest absolute Gasteiger partial charge is 0.298 e. The van der Waals surface area contributed by atoms with Crippen LogP contribution in [0, 0.1) is 77.0 Å². The van der Waals surface area contributed by atoms with Crippen LogP contribution in [0.5, 0.6) is 0 Å². The van der Waals surface area contributed by atoms with E-state index in [9.17, 15) is 37.7 Å². The average Bonchev–Trinajstić information content (AvgIpc) is 4.17. The molecule has 12 rings (SSSR count). The second kappa shape index (κ2) is 15.2. The maximum absolute atomic E-state index is 14.1. The van der Waals surface area contributed by atoms with Gasteiger partial charge in [0, 0.05) is 53.6 Å². The molecule has 0 fully saturated rings. The van der Waals surface area contributed by atoms with Crippen LogP contribution in [-0.4, -0.2) is 6.54 Å². The van der Waals surface area contributed by atoms with E-state index in [1.165, 1.54) is 93.9 Å². The molecule has 0 saturated carbocycles. The van der Waals surface area contributed by atoms with Crippen molar-refractivity contribution in [1.29, 1.82) is 15.8 Å². The van der Waals surface area contributed by atoms with E-state index in [-0.39, 0.29) is 28.8 Å². The summed E-state index contributed by atoms with van der Waals surface area (Å²) >= 11 is 5.43. The Morgan fingerprint density at radius 2 is 0.908 bits per heavy atom. The Hall–Kier alpha value is -8.32. The molecule has 0 N–H and O–H groups in total. The summed E-state index contributed by atoms with van der Waals surface area (Å²) in [5, 5.41) is 30.5. The van der Waals surface area contributed by atoms with Gasteiger partial charge in [-0.15, -0.1) is 45.3 Å². The minimum absolute atomic E-state index is 0.0139. The van der Waals surface area contributed by atoms with Gasteiger partial charge >= 0.3 is 0 Å². The Kier molecular flexibility index (Phi) is 9.52. The number of allylic oxidation sites excluding steroid dienone is 2. The fourth-order valence-electron chi connectivity index (χ4n) is 8.51. The second-order valence-electron chi connectivity index (χ2n) is 14.3. The molecule has 16 heteroatoms. The molecule has 0 amide bonds. The number of nitriles is 3. The zero-order valence-electron chi connectivity index (χ0n) is 32.3. The van der Waals surface area contributed by atoms with Crippen molar-refractivity contribution in [3.8, 4) is 40.5 Å². The predicted molar refractivity (Wildman–Crippen MR) is 249 cm³/mol. The standard InChI is InChI=1S/C26H6F2N4S2.C20H6F2O2S2.C3H2N2/c1-31-17(9-29)19-15-7-11(27)3-5-13(15)21-23(19)33-26-22-14-6-4-12(28)8-16(14)20(18(10-30)32-2)24(22)34-25(21)26;21-7-1-3-9-11(5-7)15(23)17-13(9)19-20(25-17)14-10-4-2-8(22)6-12(10)16(24)18(14)26-19;1-5-3-2-4/h3-8H;1-6H;3H2/b19-17-,20-18+;;. The van der Waals surface area contributed by atoms with Gasteiger partial charge in [0.1, 0.15) is 29.3 Å². The lowest BCUT2D eigenvalue weighted by atomic mass is 10.0. The van der Waals surface area contributed by atoms with Crippen molar-refractivity contribution >= 4 is 117 Å². The zero-order chi connectivity index (χ0) is 45.6. The van der Waals surface area contributed by atoms with E-state index < -0.39 is 23.3 Å². The molecule has 65 heavy (non-hydrogen) atoms. The molecule has 10 aromatic rings. The highest BCUT2D eigenvalue weighted by molar-refractivity contribution is 7.37. The van der Waals surface area contributed by atoms with Crippen molar-refractivity contribution in [2.45, 2.75) is 0 Å². The topological polar surface area (TPSA) is 119 Å². The molecule has 304 valence electrons. The van der Waals surface area contributed by atoms with Gasteiger partial charge < -0.3 is 4.85 Å². The van der Waals surface area contributed by atoms with E-state index in [4.69, 9.17) is 25.0 Å². The first-order valence-corrected chi connectivity index (χ1v) is 22.0. The molecule has 6 aromatic carbocycles. The molecule has 0 aliphatic heterocycles. The van der Waals surface area contributed by atoms with Crippen LogP contribution >= 0.6 is 45.3 Å². The lowest BCUT2D eigenvalue weighted by Gasteiger charge is -2.04. The van der Waals surface area contributed by atoms with Gasteiger partial charge in [-0.05, 0) is 81.6 Å². The van der Waals surface area contributed by atoms with Crippen LogP contribution in [0.15, 0.2) is 93.8 Å². The number of benzene rings is 4. The molecule has 8 nitrogen and oxygen atoms in total. The molecular formula is C49H14F4N6O2S4. The van der Waals surface area contributed by atoms with Crippen LogP contribution in [0.3, 0.4) is 0 Å². The van der Waals surface area contributed by atoms with E-state index in [2.05, 4.69) is 14.5 Å². The molecule has 0 unspecified atom stereocenters. The highest BCUT2D eigenvalue weighted by Gasteiger charge is 2.37. The summed E-state index contributed by atoms with van der Waals surface area (Å²) in [4.78, 5) is 36.3. The van der Waals surface area contributed by atoms with Crippen LogP contribution in [0.25, 0.3) is 108 Å². The third-order valence-electron chi connectivity index (χ3n) is 11.0. The van der Waals surface area contributed by atoms with Crippen LogP contribution in [-0.2, 0) is 0 Å². The third-order valence-corrected chi connectivity index (χ3v) is 16.1. The summed E-state index contributed by atoms with van der Waals surface area (Å²) in [6, 6.07) is 22.6. The van der Waals surface area contributed by atoms with Crippen molar-refractivity contribution in [1.82, 2.24) is 0 Å². The lowest BCUT2D eigenvalue weighted by Crippen LogP contribution is -1.92. The minimum atomic E-state index is -0.463. The Bertz CT molecular complexity index is 3980. The van der Waals surface area contributed by atoms with E-state index in [1.807, 2.05) is 12.1 Å². The average molecular weight is 923 g/mol. The van der Waals surface area contributed by atoms with Crippen molar-refractivity contribution in [2.24, 2.45) is 0 Å². The van der Waals surface area contributed by atoms with Crippen molar-refractivity contribution in [2.75, 3.05) is 6.54 Å². The number of nitrogens with zero attached hydrogens (tertiary/aromatic N) is 6. The van der Waals surface area contributed by atoms with Crippen molar-refractivity contribution < 1.29 is 17.6 Å². The van der Waals surface area contributed by atoms with Crippen LogP contribution in [0.4, 0.5) is 17.6 Å². The molecule has 4 aromatic heterocycles. The first kappa shape index (κ1) is 40.7. The van der Waals surface area contributed by atoms with Crippen molar-refractivity contribution in [3.05, 3.63) is 183 Å². The highest BCUT2D eigenvalue weighted by Crippen LogP contribution is 2.62. The normalized spacial score (nSPS) is 13.4. The number of fused-ring (bicyclic) bond motifs is 18. The number of halogens is 4. The molecular weight excluding hydrogens is 909 g/mol. The number of thiophene rings is 4. The summed E-state index contributed by atoms with van der Waals surface area (Å²) in [6.45, 7) is 20.9. The third kappa shape index (κ3) is 5.84. The molecule has 0 saturated heterocycles. The molecule has 0 atom stereocenters. The van der Waals surface area contributed by atoms with E-state index >= 15 is 0 Å². The Labute approximate surface area is 378 Å². The predicted octanol–water partition coefficient (Wildman–Crippen LogP) is 13.5. The Morgan fingerprint density at radius 3 is 1.26 bits per heavy atom. The SMILES string of the molecule is O=c1c2cc(F)ccc2c2c1sc1c2sc2c(=O)c3cc(F)ccc3c21.[C-]#[N+]/C(C#N)=C1/c2cc(F)ccc2-c2c1sc1c3c(sc21)/C(=C(\C#N)[N+]#[C-])c1cc(F)ccc1-3.[C-]#[N+]CC#N. The first-order chi connectivity index (χ1) is 31.5. The molecule has 2 aliphatic carbocycles. The quantitative estimate of drug-likeness (QED) is 0.0649. The summed E-state index contributed by atoms with van der Waals surface area (Å²) in [5.41, 5.74) is 4.32. The maximum Gasteiger partial charge on any atom is 0.298 e. The molecule has 0 spiro atoms. The van der Waals surface area contributed by atoms with Gasteiger partial charge in [-0.1, -0.05) is 24.3 Å².